The fourth-order valence-electron chi connectivity index (χ4n) is 2.49. The summed E-state index contributed by atoms with van der Waals surface area (Å²) < 4.78 is 0. The quantitative estimate of drug-likeness (QED) is 0.616. The molecule has 0 aliphatic carbocycles. The molecular weight excluding hydrogens is 344 g/mol. The number of nitrogens with one attached hydrogen (secondary N) is 2. The van der Waals surface area contributed by atoms with E-state index in [9.17, 15) is 4.79 Å². The van der Waals surface area contributed by atoms with Gasteiger partial charge in [-0.25, -0.2) is 4.98 Å². The summed E-state index contributed by atoms with van der Waals surface area (Å²) in [6.07, 6.45) is 1.50. The van der Waals surface area contributed by atoms with Crippen LogP contribution in [0.25, 0.3) is 11.1 Å². The van der Waals surface area contributed by atoms with Gasteiger partial charge in [0.25, 0.3) is 12.4 Å². The maximum atomic E-state index is 12.3. The Morgan fingerprint density at radius 2 is 1.93 bits per heavy atom. The molecule has 7 heteroatoms. The van der Waals surface area contributed by atoms with E-state index in [0.717, 1.165) is 22.4 Å². The van der Waals surface area contributed by atoms with Gasteiger partial charge in [-0.2, -0.15) is 5.26 Å². The standard InChI is InChI=1S/C19H16N4O.CH2O2/c1-12-13(2)22-18(9-16(12)15-6-4-3-5-7-15)23-19(24)17-8-14(10-20)11-21-17;2-1-3/h3-9,11,21H,1-2H3,(H,22,23,24);1H,(H,2,3). The molecule has 0 aliphatic rings. The number of pyridine rings is 1. The summed E-state index contributed by atoms with van der Waals surface area (Å²) in [6.45, 7) is 3.68. The van der Waals surface area contributed by atoms with Crippen LogP contribution in [-0.4, -0.2) is 27.5 Å². The normalized spacial score (nSPS) is 9.52. The molecule has 0 bridgehead atoms. The molecule has 0 atom stereocenters. The van der Waals surface area contributed by atoms with E-state index in [0.29, 0.717) is 17.1 Å². The summed E-state index contributed by atoms with van der Waals surface area (Å²) in [5, 5.41) is 18.5. The van der Waals surface area contributed by atoms with E-state index in [1.165, 1.54) is 12.3 Å². The van der Waals surface area contributed by atoms with Crippen molar-refractivity contribution in [3.8, 4) is 17.2 Å². The highest BCUT2D eigenvalue weighted by Gasteiger charge is 2.13. The number of H-pyrrole nitrogens is 1. The second-order valence-corrected chi connectivity index (χ2v) is 5.60. The van der Waals surface area contributed by atoms with Gasteiger partial charge in [0, 0.05) is 11.9 Å². The minimum Gasteiger partial charge on any atom is -0.483 e. The van der Waals surface area contributed by atoms with Crippen LogP contribution in [-0.2, 0) is 4.79 Å². The van der Waals surface area contributed by atoms with Crippen LogP contribution in [0.2, 0.25) is 0 Å². The lowest BCUT2D eigenvalue weighted by Crippen LogP contribution is -2.14. The Hall–Kier alpha value is -3.92. The average molecular weight is 362 g/mol. The number of carbonyl (C=O) groups is 2. The number of aromatic nitrogens is 2. The van der Waals surface area contributed by atoms with E-state index < -0.39 is 0 Å². The van der Waals surface area contributed by atoms with E-state index in [1.54, 1.807) is 0 Å². The van der Waals surface area contributed by atoms with Crippen molar-refractivity contribution in [2.45, 2.75) is 13.8 Å². The number of aromatic amines is 1. The zero-order chi connectivity index (χ0) is 19.8. The monoisotopic (exact) mass is 362 g/mol. The van der Waals surface area contributed by atoms with Gasteiger partial charge in [-0.3, -0.25) is 9.59 Å². The molecule has 3 rings (SSSR count). The Labute approximate surface area is 156 Å². The van der Waals surface area contributed by atoms with Crippen LogP contribution in [0.4, 0.5) is 5.82 Å². The molecule has 0 saturated carbocycles. The van der Waals surface area contributed by atoms with Crippen molar-refractivity contribution in [3.63, 3.8) is 0 Å². The number of benzene rings is 1. The van der Waals surface area contributed by atoms with Crippen LogP contribution in [0.15, 0.2) is 48.7 Å². The van der Waals surface area contributed by atoms with Gasteiger partial charge in [-0.05, 0) is 42.7 Å². The molecule has 136 valence electrons. The van der Waals surface area contributed by atoms with E-state index in [-0.39, 0.29) is 12.4 Å². The van der Waals surface area contributed by atoms with Gasteiger partial charge in [0.15, 0.2) is 0 Å². The Bertz CT molecular complexity index is 988. The summed E-state index contributed by atoms with van der Waals surface area (Å²) >= 11 is 0. The molecule has 0 radical (unpaired) electrons. The summed E-state index contributed by atoms with van der Waals surface area (Å²) in [7, 11) is 0. The molecule has 3 N–H and O–H groups in total. The molecule has 0 unspecified atom stereocenters. The average Bonchev–Trinajstić information content (AvgIpc) is 3.15. The number of hydrogen-bond donors (Lipinski definition) is 3. The zero-order valence-corrected chi connectivity index (χ0v) is 14.9. The second-order valence-electron chi connectivity index (χ2n) is 5.60. The molecule has 2 heterocycles. The topological polar surface area (TPSA) is 119 Å². The maximum absolute atomic E-state index is 12.3. The van der Waals surface area contributed by atoms with Crippen molar-refractivity contribution in [1.29, 1.82) is 5.26 Å². The minimum absolute atomic E-state index is 0.250. The van der Waals surface area contributed by atoms with Crippen molar-refractivity contribution in [1.82, 2.24) is 9.97 Å². The van der Waals surface area contributed by atoms with Crippen LogP contribution in [0.1, 0.15) is 27.3 Å². The maximum Gasteiger partial charge on any atom is 0.290 e. The fraction of sp³-hybridized carbons (Fsp3) is 0.100. The lowest BCUT2D eigenvalue weighted by Gasteiger charge is -2.12. The van der Waals surface area contributed by atoms with Crippen LogP contribution in [0.3, 0.4) is 0 Å². The summed E-state index contributed by atoms with van der Waals surface area (Å²) in [4.78, 5) is 27.9. The van der Waals surface area contributed by atoms with Gasteiger partial charge >= 0.3 is 0 Å². The predicted molar refractivity (Wildman–Crippen MR) is 101 cm³/mol. The number of carbonyl (C=O) groups excluding carboxylic acids is 1. The van der Waals surface area contributed by atoms with Gasteiger partial charge in [-0.1, -0.05) is 30.3 Å². The number of nitriles is 1. The van der Waals surface area contributed by atoms with E-state index in [1.807, 2.05) is 56.3 Å². The number of hydrogen-bond acceptors (Lipinski definition) is 4. The molecule has 1 aromatic carbocycles. The van der Waals surface area contributed by atoms with Gasteiger partial charge in [-0.15, -0.1) is 0 Å². The first-order valence-electron chi connectivity index (χ1n) is 8.01. The SMILES string of the molecule is Cc1nc(NC(=O)c2cc(C#N)c[nH]2)cc(-c2ccccc2)c1C.O=CO. The van der Waals surface area contributed by atoms with Gasteiger partial charge in [0.2, 0.25) is 0 Å². The van der Waals surface area contributed by atoms with Crippen molar-refractivity contribution >= 4 is 18.2 Å². The molecule has 2 aromatic heterocycles. The summed E-state index contributed by atoms with van der Waals surface area (Å²) in [6, 6.07) is 15.3. The number of nitrogens with zero attached hydrogens (tertiary/aromatic N) is 2. The van der Waals surface area contributed by atoms with Crippen LogP contribution in [0, 0.1) is 25.2 Å². The Kier molecular flexibility index (Phi) is 6.44. The summed E-state index contributed by atoms with van der Waals surface area (Å²) in [5.74, 6) is 0.154. The third kappa shape index (κ3) is 4.80. The highest BCUT2D eigenvalue weighted by molar-refractivity contribution is 6.03. The molecule has 0 spiro atoms. The number of carboxylic acid groups (broad SMARTS) is 1. The lowest BCUT2D eigenvalue weighted by atomic mass is 10.0. The van der Waals surface area contributed by atoms with Crippen molar-refractivity contribution < 1.29 is 14.7 Å². The molecule has 0 saturated heterocycles. The summed E-state index contributed by atoms with van der Waals surface area (Å²) in [5.41, 5.74) is 4.78. The number of amides is 1. The molecular formula is C20H18N4O3. The van der Waals surface area contributed by atoms with Crippen LogP contribution >= 0.6 is 0 Å². The smallest absolute Gasteiger partial charge is 0.290 e. The minimum atomic E-state index is -0.328. The van der Waals surface area contributed by atoms with Gasteiger partial charge in [0.05, 0.1) is 5.56 Å². The van der Waals surface area contributed by atoms with Gasteiger partial charge in [0.1, 0.15) is 17.6 Å². The van der Waals surface area contributed by atoms with Crippen LogP contribution < -0.4 is 5.32 Å². The predicted octanol–water partition coefficient (Wildman–Crippen LogP) is 3.52. The first-order chi connectivity index (χ1) is 13.0. The molecule has 1 amide bonds. The van der Waals surface area contributed by atoms with Crippen molar-refractivity contribution in [3.05, 3.63) is 71.2 Å². The molecule has 0 aliphatic heterocycles. The first-order valence-corrected chi connectivity index (χ1v) is 8.01. The Morgan fingerprint density at radius 1 is 1.26 bits per heavy atom. The second kappa shape index (κ2) is 8.97. The molecule has 0 fully saturated rings. The lowest BCUT2D eigenvalue weighted by molar-refractivity contribution is -0.122. The van der Waals surface area contributed by atoms with Crippen LogP contribution in [0.5, 0.6) is 0 Å². The van der Waals surface area contributed by atoms with E-state index in [4.69, 9.17) is 15.2 Å². The Morgan fingerprint density at radius 3 is 2.52 bits per heavy atom. The molecule has 3 aromatic rings. The van der Waals surface area contributed by atoms with Gasteiger partial charge < -0.3 is 15.4 Å². The molecule has 27 heavy (non-hydrogen) atoms. The molecule has 7 nitrogen and oxygen atoms in total. The zero-order valence-electron chi connectivity index (χ0n) is 14.9. The fourth-order valence-corrected chi connectivity index (χ4v) is 2.49. The third-order valence-electron chi connectivity index (χ3n) is 3.90. The largest absolute Gasteiger partial charge is 0.483 e. The highest BCUT2D eigenvalue weighted by Crippen LogP contribution is 2.27. The number of rotatable bonds is 3. The van der Waals surface area contributed by atoms with E-state index >= 15 is 0 Å². The third-order valence-corrected chi connectivity index (χ3v) is 3.90. The number of aryl methyl sites for hydroxylation is 1. The van der Waals surface area contributed by atoms with Crippen molar-refractivity contribution in [2.75, 3.05) is 5.32 Å². The first kappa shape index (κ1) is 19.4. The Balaban J connectivity index is 0.000000817. The highest BCUT2D eigenvalue weighted by atomic mass is 16.3. The number of anilines is 1. The van der Waals surface area contributed by atoms with E-state index in [2.05, 4.69) is 15.3 Å². The van der Waals surface area contributed by atoms with Crippen molar-refractivity contribution in [2.24, 2.45) is 0 Å².